The Labute approximate surface area is 395 Å². The van der Waals surface area contributed by atoms with E-state index >= 15 is 0 Å². The first-order chi connectivity index (χ1) is 32.8. The summed E-state index contributed by atoms with van der Waals surface area (Å²) >= 11 is 0. The minimum absolute atomic E-state index is 0.353. The summed E-state index contributed by atoms with van der Waals surface area (Å²) in [5, 5.41) is 18.7. The third-order valence-corrected chi connectivity index (χ3v) is 12.0. The molecule has 2 unspecified atom stereocenters. The molecule has 2 N–H and O–H groups in total. The van der Waals surface area contributed by atoms with Crippen LogP contribution in [-0.4, -0.2) is 60.8 Å². The van der Waals surface area contributed by atoms with Gasteiger partial charge in [0, 0.05) is 26.1 Å². The number of unbranched alkanes of at least 4 members (excludes halogenated alkanes) is 3. The molecule has 0 bridgehead atoms. The zero-order chi connectivity index (χ0) is 46.8. The number of allylic oxidation sites excluding steroid dienone is 2. The molecule has 67 heavy (non-hydrogen) atoms. The monoisotopic (exact) mass is 898 g/mol. The summed E-state index contributed by atoms with van der Waals surface area (Å²) in [5.41, 5.74) is 14.9. The molecule has 6 aromatic rings. The lowest BCUT2D eigenvalue weighted by Crippen LogP contribution is -2.26. The lowest BCUT2D eigenvalue weighted by atomic mass is 10.0. The predicted octanol–water partition coefficient (Wildman–Crippen LogP) is 13.2. The molecule has 0 aliphatic heterocycles. The maximum absolute atomic E-state index is 11.4. The van der Waals surface area contributed by atoms with E-state index in [4.69, 9.17) is 18.9 Å². The van der Waals surface area contributed by atoms with Crippen LogP contribution in [0.2, 0.25) is 0 Å². The molecule has 346 valence electrons. The van der Waals surface area contributed by atoms with Gasteiger partial charge in [-0.1, -0.05) is 154 Å². The van der Waals surface area contributed by atoms with Crippen LogP contribution in [0.4, 0.5) is 0 Å². The first kappa shape index (κ1) is 48.2. The largest absolute Gasteiger partial charge is 0.494 e. The summed E-state index contributed by atoms with van der Waals surface area (Å²) in [4.78, 5) is 22.8. The van der Waals surface area contributed by atoms with Crippen molar-refractivity contribution < 1.29 is 38.7 Å². The third kappa shape index (κ3) is 13.0. The Morgan fingerprint density at radius 2 is 0.776 bits per heavy atom. The zero-order valence-electron chi connectivity index (χ0n) is 38.7. The average Bonchev–Trinajstić information content (AvgIpc) is 3.85. The van der Waals surface area contributed by atoms with Crippen LogP contribution in [0.5, 0.6) is 11.5 Å². The summed E-state index contributed by atoms with van der Waals surface area (Å²) in [6.07, 6.45) is 10.1. The van der Waals surface area contributed by atoms with Gasteiger partial charge in [0.25, 0.3) is 0 Å². The molecule has 8 rings (SSSR count). The Balaban J connectivity index is 0.000000199. The molecule has 0 radical (unpaired) electrons. The fourth-order valence-electron chi connectivity index (χ4n) is 8.52. The molecule has 0 saturated heterocycles. The van der Waals surface area contributed by atoms with Gasteiger partial charge in [0.15, 0.2) is 12.2 Å². The van der Waals surface area contributed by atoms with Crippen LogP contribution in [0.25, 0.3) is 33.4 Å². The normalized spacial score (nSPS) is 12.7. The van der Waals surface area contributed by atoms with Crippen molar-refractivity contribution >= 4 is 23.1 Å². The van der Waals surface area contributed by atoms with E-state index in [9.17, 15) is 19.8 Å². The van der Waals surface area contributed by atoms with Crippen molar-refractivity contribution in [2.45, 2.75) is 83.8 Å². The van der Waals surface area contributed by atoms with Gasteiger partial charge in [-0.15, -0.1) is 0 Å². The standard InChI is InChI=1S/C30H32O4.C29H30O4/c1-2-3-19-34-29(30(31)32)21-22-15-17-23(18-16-22)33-20-9-8-14-28-26-12-6-4-10-24(26)25-11-5-7-13-27(25)28;1-2-18-33-28(29(30)31)20-21-14-16-22(17-15-21)32-19-8-7-13-27-25-11-5-3-9-23(25)24-10-4-6-12-26(24)27/h4-7,10-18,29H,2-3,8-9,19-21H2,1H3,(H,31,32);3-6,9-17,28H,2,7-8,18-20H2,1H3,(H,30,31). The van der Waals surface area contributed by atoms with E-state index in [1.165, 1.54) is 55.7 Å². The molecule has 6 aromatic carbocycles. The topological polar surface area (TPSA) is 112 Å². The maximum Gasteiger partial charge on any atom is 0.333 e. The highest BCUT2D eigenvalue weighted by Gasteiger charge is 2.24. The summed E-state index contributed by atoms with van der Waals surface area (Å²) < 4.78 is 22.8. The van der Waals surface area contributed by atoms with Gasteiger partial charge in [-0.05, 0) is 130 Å². The van der Waals surface area contributed by atoms with E-state index in [0.29, 0.717) is 39.3 Å². The number of aliphatic carboxylic acids is 2. The van der Waals surface area contributed by atoms with Crippen molar-refractivity contribution in [3.63, 3.8) is 0 Å². The Morgan fingerprint density at radius 3 is 1.10 bits per heavy atom. The fraction of sp³-hybridized carbons (Fsp3) is 0.288. The van der Waals surface area contributed by atoms with E-state index in [2.05, 4.69) is 116 Å². The third-order valence-electron chi connectivity index (χ3n) is 12.0. The number of hydrogen-bond acceptors (Lipinski definition) is 6. The lowest BCUT2D eigenvalue weighted by Gasteiger charge is -2.14. The Bertz CT molecular complexity index is 2510. The zero-order valence-corrected chi connectivity index (χ0v) is 38.7. The predicted molar refractivity (Wildman–Crippen MR) is 268 cm³/mol. The molecule has 0 amide bonds. The molecule has 0 saturated carbocycles. The molecule has 0 aromatic heterocycles. The van der Waals surface area contributed by atoms with Crippen molar-refractivity contribution in [3.05, 3.63) is 191 Å². The van der Waals surface area contributed by atoms with Crippen LogP contribution >= 0.6 is 0 Å². The van der Waals surface area contributed by atoms with Gasteiger partial charge < -0.3 is 29.2 Å². The molecule has 2 atom stereocenters. The smallest absolute Gasteiger partial charge is 0.333 e. The van der Waals surface area contributed by atoms with Gasteiger partial charge >= 0.3 is 11.9 Å². The maximum atomic E-state index is 11.4. The number of rotatable bonds is 23. The van der Waals surface area contributed by atoms with E-state index in [1.54, 1.807) is 0 Å². The molecule has 0 spiro atoms. The summed E-state index contributed by atoms with van der Waals surface area (Å²) in [6, 6.07) is 49.6. The molecule has 2 aliphatic carbocycles. The molecule has 8 nitrogen and oxygen atoms in total. The number of carbonyl (C=O) groups is 2. The highest BCUT2D eigenvalue weighted by atomic mass is 16.5. The summed E-state index contributed by atoms with van der Waals surface area (Å²) in [5.74, 6) is -0.250. The summed E-state index contributed by atoms with van der Waals surface area (Å²) in [6.45, 7) is 6.20. The van der Waals surface area contributed by atoms with Crippen LogP contribution in [0.3, 0.4) is 0 Å². The first-order valence-electron chi connectivity index (χ1n) is 23.8. The van der Waals surface area contributed by atoms with E-state index in [-0.39, 0.29) is 0 Å². The quantitative estimate of drug-likeness (QED) is 0.0611. The summed E-state index contributed by atoms with van der Waals surface area (Å²) in [7, 11) is 0. The van der Waals surface area contributed by atoms with Crippen molar-refractivity contribution in [1.82, 2.24) is 0 Å². The lowest BCUT2D eigenvalue weighted by molar-refractivity contribution is -0.151. The number of hydrogen-bond donors (Lipinski definition) is 2. The minimum atomic E-state index is -0.926. The van der Waals surface area contributed by atoms with Crippen LogP contribution in [-0.2, 0) is 31.9 Å². The van der Waals surface area contributed by atoms with Gasteiger partial charge in [0.2, 0.25) is 0 Å². The van der Waals surface area contributed by atoms with Gasteiger partial charge in [-0.25, -0.2) is 9.59 Å². The second-order valence-corrected chi connectivity index (χ2v) is 16.8. The highest BCUT2D eigenvalue weighted by Crippen LogP contribution is 2.45. The van der Waals surface area contributed by atoms with Crippen LogP contribution in [0.15, 0.2) is 158 Å². The average molecular weight is 899 g/mol. The Hall–Kier alpha value is -6.74. The van der Waals surface area contributed by atoms with Crippen LogP contribution in [0.1, 0.15) is 92.2 Å². The van der Waals surface area contributed by atoms with Crippen LogP contribution < -0.4 is 9.47 Å². The molecule has 0 heterocycles. The fourth-order valence-corrected chi connectivity index (χ4v) is 8.52. The number of carboxylic acid groups (broad SMARTS) is 2. The van der Waals surface area contributed by atoms with Crippen molar-refractivity contribution in [2.75, 3.05) is 26.4 Å². The second-order valence-electron chi connectivity index (χ2n) is 16.8. The second kappa shape index (κ2) is 24.7. The van der Waals surface area contributed by atoms with E-state index in [1.807, 2.05) is 55.5 Å². The highest BCUT2D eigenvalue weighted by molar-refractivity contribution is 6.02. The van der Waals surface area contributed by atoms with Gasteiger partial charge in [0.05, 0.1) is 13.2 Å². The molecular formula is C59H62O8. The molecule has 0 fully saturated rings. The van der Waals surface area contributed by atoms with Gasteiger partial charge in [-0.2, -0.15) is 0 Å². The van der Waals surface area contributed by atoms with E-state index < -0.39 is 24.1 Å². The Kier molecular flexibility index (Phi) is 17.8. The van der Waals surface area contributed by atoms with Crippen molar-refractivity contribution in [1.29, 1.82) is 0 Å². The first-order valence-corrected chi connectivity index (χ1v) is 23.8. The van der Waals surface area contributed by atoms with Crippen LogP contribution in [0, 0.1) is 0 Å². The SMILES string of the molecule is CCCCOC(Cc1ccc(OCCCC=C2c3ccccc3-c3ccccc32)cc1)C(=O)O.CCCOC(Cc1ccc(OCCCC=C2c3ccccc3-c3ccccc32)cc1)C(=O)O. The number of carboxylic acids is 2. The molecular weight excluding hydrogens is 837 g/mol. The minimum Gasteiger partial charge on any atom is -0.494 e. The molecule has 2 aliphatic rings. The number of benzene rings is 6. The number of fused-ring (bicyclic) bond motifs is 6. The van der Waals surface area contributed by atoms with E-state index in [0.717, 1.165) is 67.6 Å². The number of ether oxygens (including phenoxy) is 4. The Morgan fingerprint density at radius 1 is 0.433 bits per heavy atom. The molecule has 8 heteroatoms. The van der Waals surface area contributed by atoms with Gasteiger partial charge in [0.1, 0.15) is 11.5 Å². The van der Waals surface area contributed by atoms with Crippen molar-refractivity contribution in [3.8, 4) is 33.8 Å². The van der Waals surface area contributed by atoms with Crippen molar-refractivity contribution in [2.24, 2.45) is 0 Å². The van der Waals surface area contributed by atoms with Gasteiger partial charge in [-0.3, -0.25) is 0 Å².